The number of carbonyl (C=O) groups excluding carboxylic acids is 1. The molecule has 0 aliphatic carbocycles. The smallest absolute Gasteiger partial charge is 0.224 e. The summed E-state index contributed by atoms with van der Waals surface area (Å²) in [5.74, 6) is 0.482. The van der Waals surface area contributed by atoms with E-state index in [4.69, 9.17) is 11.6 Å². The lowest BCUT2D eigenvalue weighted by Crippen LogP contribution is -2.42. The van der Waals surface area contributed by atoms with Crippen LogP contribution in [0.3, 0.4) is 0 Å². The van der Waals surface area contributed by atoms with Crippen LogP contribution in [-0.2, 0) is 24.4 Å². The van der Waals surface area contributed by atoms with Gasteiger partial charge in [0.15, 0.2) is 0 Å². The Morgan fingerprint density at radius 3 is 2.55 bits per heavy atom. The summed E-state index contributed by atoms with van der Waals surface area (Å²) in [6.45, 7) is 8.09. The van der Waals surface area contributed by atoms with E-state index < -0.39 is 0 Å². The number of likely N-dealkylation sites (tertiary alicyclic amines) is 2. The quantitative estimate of drug-likeness (QED) is 0.599. The van der Waals surface area contributed by atoms with Gasteiger partial charge in [0.1, 0.15) is 5.82 Å². The number of nitrogens with one attached hydrogen (secondary N) is 1. The maximum Gasteiger partial charge on any atom is 0.224 e. The van der Waals surface area contributed by atoms with Crippen molar-refractivity contribution in [3.05, 3.63) is 70.0 Å². The second-order valence-corrected chi connectivity index (χ2v) is 10.2. The fourth-order valence-electron chi connectivity index (χ4n) is 5.18. The number of carbonyl (C=O) groups is 1. The molecule has 2 aliphatic rings. The monoisotopic (exact) mass is 471 g/mol. The van der Waals surface area contributed by atoms with E-state index in [9.17, 15) is 9.18 Å². The summed E-state index contributed by atoms with van der Waals surface area (Å²) in [6.07, 6.45) is 4.39. The zero-order chi connectivity index (χ0) is 23.2. The molecule has 0 spiro atoms. The van der Waals surface area contributed by atoms with E-state index in [2.05, 4.69) is 46.3 Å². The topological polar surface area (TPSA) is 35.6 Å². The summed E-state index contributed by atoms with van der Waals surface area (Å²) < 4.78 is 14.2. The Morgan fingerprint density at radius 1 is 1.03 bits per heavy atom. The van der Waals surface area contributed by atoms with Gasteiger partial charge in [-0.25, -0.2) is 4.39 Å². The molecule has 0 radical (unpaired) electrons. The predicted molar refractivity (Wildman–Crippen MR) is 131 cm³/mol. The van der Waals surface area contributed by atoms with E-state index in [1.807, 2.05) is 0 Å². The van der Waals surface area contributed by atoms with Crippen molar-refractivity contribution in [1.82, 2.24) is 15.1 Å². The van der Waals surface area contributed by atoms with Gasteiger partial charge in [-0.15, -0.1) is 0 Å². The van der Waals surface area contributed by atoms with E-state index in [0.29, 0.717) is 30.2 Å². The van der Waals surface area contributed by atoms with Gasteiger partial charge in [-0.2, -0.15) is 0 Å². The first-order valence-electron chi connectivity index (χ1n) is 12.2. The Kier molecular flexibility index (Phi) is 8.39. The van der Waals surface area contributed by atoms with Crippen molar-refractivity contribution >= 4 is 17.5 Å². The average Bonchev–Trinajstić information content (AvgIpc) is 2.80. The van der Waals surface area contributed by atoms with Gasteiger partial charge in [-0.1, -0.05) is 48.9 Å². The molecule has 2 heterocycles. The van der Waals surface area contributed by atoms with Crippen LogP contribution >= 0.6 is 11.6 Å². The van der Waals surface area contributed by atoms with Gasteiger partial charge in [0, 0.05) is 43.3 Å². The molecule has 0 aromatic heterocycles. The largest absolute Gasteiger partial charge is 0.352 e. The molecule has 2 atom stereocenters. The number of benzene rings is 2. The third-order valence-electron chi connectivity index (χ3n) is 6.93. The van der Waals surface area contributed by atoms with Gasteiger partial charge < -0.3 is 5.32 Å². The molecule has 4 rings (SSSR count). The van der Waals surface area contributed by atoms with Crippen molar-refractivity contribution in [1.29, 1.82) is 0 Å². The minimum absolute atomic E-state index is 0.0783. The molecular formula is C27H35ClFN3O. The minimum atomic E-state index is -0.284. The van der Waals surface area contributed by atoms with Gasteiger partial charge >= 0.3 is 0 Å². The Labute approximate surface area is 202 Å². The molecule has 4 nitrogen and oxygen atoms in total. The number of piperidine rings is 2. The fraction of sp³-hybridized carbons (Fsp3) is 0.519. The van der Waals surface area contributed by atoms with Crippen LogP contribution in [0.25, 0.3) is 0 Å². The molecule has 1 amide bonds. The summed E-state index contributed by atoms with van der Waals surface area (Å²) in [5.41, 5.74) is 2.96. The predicted octanol–water partition coefficient (Wildman–Crippen LogP) is 5.24. The molecular weight excluding hydrogens is 437 g/mol. The highest BCUT2D eigenvalue weighted by atomic mass is 35.5. The number of hydrogen-bond acceptors (Lipinski definition) is 3. The third kappa shape index (κ3) is 6.78. The standard InChI is InChI=1S/C27H35ClFN3O/c1-20-6-4-12-31(16-20)17-22-8-2-7-21(14-22)15-30-27(33)23-9-5-13-32(18-23)19-24-25(28)10-3-11-26(24)29/h2-3,7-8,10-11,14,20,23H,4-6,9,12-13,15-19H2,1H3,(H,30,33). The molecule has 1 N–H and O–H groups in total. The molecule has 2 fully saturated rings. The molecule has 0 saturated carbocycles. The lowest BCUT2D eigenvalue weighted by Gasteiger charge is -2.32. The lowest BCUT2D eigenvalue weighted by molar-refractivity contribution is -0.126. The van der Waals surface area contributed by atoms with Crippen LogP contribution in [-0.4, -0.2) is 41.9 Å². The highest BCUT2D eigenvalue weighted by Crippen LogP contribution is 2.24. The van der Waals surface area contributed by atoms with Crippen molar-refractivity contribution in [3.63, 3.8) is 0 Å². The molecule has 2 aliphatic heterocycles. The lowest BCUT2D eigenvalue weighted by atomic mass is 9.96. The van der Waals surface area contributed by atoms with Crippen molar-refractivity contribution in [2.24, 2.45) is 11.8 Å². The molecule has 2 unspecified atom stereocenters. The van der Waals surface area contributed by atoms with Crippen molar-refractivity contribution in [2.45, 2.75) is 52.2 Å². The second kappa shape index (κ2) is 11.5. The van der Waals surface area contributed by atoms with E-state index in [1.165, 1.54) is 31.0 Å². The number of hydrogen-bond donors (Lipinski definition) is 1. The van der Waals surface area contributed by atoms with Crippen LogP contribution in [0.15, 0.2) is 42.5 Å². The second-order valence-electron chi connectivity index (χ2n) is 9.79. The molecule has 2 aromatic rings. The summed E-state index contributed by atoms with van der Waals surface area (Å²) in [7, 11) is 0. The van der Waals surface area contributed by atoms with Gasteiger partial charge in [0.25, 0.3) is 0 Å². The normalized spacial score (nSPS) is 22.3. The summed E-state index contributed by atoms with van der Waals surface area (Å²) >= 11 is 6.20. The highest BCUT2D eigenvalue weighted by Gasteiger charge is 2.26. The summed E-state index contributed by atoms with van der Waals surface area (Å²) in [6, 6.07) is 13.3. The highest BCUT2D eigenvalue weighted by molar-refractivity contribution is 6.31. The molecule has 6 heteroatoms. The SMILES string of the molecule is CC1CCCN(Cc2cccc(CNC(=O)C3CCCN(Cc4c(F)cccc4Cl)C3)c2)C1. The van der Waals surface area contributed by atoms with Crippen LogP contribution < -0.4 is 5.32 Å². The van der Waals surface area contributed by atoms with Gasteiger partial charge in [-0.05, 0) is 68.0 Å². The number of halogens is 2. The van der Waals surface area contributed by atoms with Crippen LogP contribution in [0.2, 0.25) is 5.02 Å². The van der Waals surface area contributed by atoms with Gasteiger partial charge in [-0.3, -0.25) is 14.6 Å². The van der Waals surface area contributed by atoms with Crippen LogP contribution in [0, 0.1) is 17.7 Å². The van der Waals surface area contributed by atoms with Crippen molar-refractivity contribution in [2.75, 3.05) is 26.2 Å². The van der Waals surface area contributed by atoms with Gasteiger partial charge in [0.2, 0.25) is 5.91 Å². The third-order valence-corrected chi connectivity index (χ3v) is 7.28. The first-order chi connectivity index (χ1) is 16.0. The van der Waals surface area contributed by atoms with E-state index in [-0.39, 0.29) is 17.6 Å². The van der Waals surface area contributed by atoms with Crippen LogP contribution in [0.5, 0.6) is 0 Å². The first-order valence-corrected chi connectivity index (χ1v) is 12.6. The Balaban J connectivity index is 1.28. The Hall–Kier alpha value is -1.95. The molecule has 33 heavy (non-hydrogen) atoms. The Bertz CT molecular complexity index is 932. The summed E-state index contributed by atoms with van der Waals surface area (Å²) in [5, 5.41) is 3.58. The molecule has 178 valence electrons. The van der Waals surface area contributed by atoms with Crippen molar-refractivity contribution < 1.29 is 9.18 Å². The average molecular weight is 472 g/mol. The minimum Gasteiger partial charge on any atom is -0.352 e. The number of rotatable bonds is 7. The first kappa shape index (κ1) is 24.2. The molecule has 2 saturated heterocycles. The van der Waals surface area contributed by atoms with Crippen LogP contribution in [0.1, 0.15) is 49.3 Å². The maximum absolute atomic E-state index is 14.2. The zero-order valence-electron chi connectivity index (χ0n) is 19.5. The molecule has 2 aromatic carbocycles. The van der Waals surface area contributed by atoms with Gasteiger partial charge in [0.05, 0.1) is 5.92 Å². The Morgan fingerprint density at radius 2 is 1.76 bits per heavy atom. The summed E-state index contributed by atoms with van der Waals surface area (Å²) in [4.78, 5) is 17.6. The fourth-order valence-corrected chi connectivity index (χ4v) is 5.40. The van der Waals surface area contributed by atoms with E-state index in [1.54, 1.807) is 12.1 Å². The maximum atomic E-state index is 14.2. The van der Waals surface area contributed by atoms with Crippen molar-refractivity contribution in [3.8, 4) is 0 Å². The number of amides is 1. The zero-order valence-corrected chi connectivity index (χ0v) is 20.3. The number of nitrogens with zero attached hydrogens (tertiary/aromatic N) is 2. The van der Waals surface area contributed by atoms with Crippen LogP contribution in [0.4, 0.5) is 4.39 Å². The van der Waals surface area contributed by atoms with E-state index in [0.717, 1.165) is 44.0 Å². The molecule has 0 bridgehead atoms. The van der Waals surface area contributed by atoms with E-state index >= 15 is 0 Å².